The molecular formula is C52H33N3O2. The van der Waals surface area contributed by atoms with Gasteiger partial charge in [0.15, 0.2) is 40.5 Å². The second kappa shape index (κ2) is 13.3. The summed E-state index contributed by atoms with van der Waals surface area (Å²) in [6, 6.07) is 69.1. The monoisotopic (exact) mass is 731 g/mol. The quantitative estimate of drug-likeness (QED) is 0.170. The van der Waals surface area contributed by atoms with E-state index in [0.717, 1.165) is 33.4 Å². The molecule has 0 amide bonds. The highest BCUT2D eigenvalue weighted by Gasteiger charge is 2.47. The molecule has 9 aromatic rings. The van der Waals surface area contributed by atoms with E-state index in [0.29, 0.717) is 46.0 Å². The topological polar surface area (TPSA) is 57.1 Å². The van der Waals surface area contributed by atoms with Gasteiger partial charge in [0, 0.05) is 11.1 Å². The van der Waals surface area contributed by atoms with Crippen molar-refractivity contribution >= 4 is 0 Å². The van der Waals surface area contributed by atoms with Gasteiger partial charge in [-0.2, -0.15) is 0 Å². The SMILES string of the molecule is c1ccc(-c2ccc(-c3nc(-c4ccccc4)nc(-c4cccc5c4Oc4cc6c(cc4O5)-c4ccccc4C6(c4ccccc4)c4ccccc4)n3)cc2)cc1. The van der Waals surface area contributed by atoms with Gasteiger partial charge in [0.1, 0.15) is 0 Å². The smallest absolute Gasteiger partial charge is 0.181 e. The molecular weight excluding hydrogens is 699 g/mol. The standard InChI is InChI=1S/C52H33N3O2/c1-5-16-34(17-6-1)35-28-30-37(31-29-35)50-53-49(36-18-7-2-8-19-36)54-51(55-50)41-25-15-27-45-48(41)57-47-33-44-42(32-46(47)56-45)40-24-13-14-26-43(40)52(44,38-20-9-3-10-21-38)39-22-11-4-12-23-39/h1-33H. The molecule has 0 N–H and O–H groups in total. The van der Waals surface area contributed by atoms with Crippen LogP contribution in [0.1, 0.15) is 22.3 Å². The van der Waals surface area contributed by atoms with Gasteiger partial charge < -0.3 is 9.47 Å². The average molecular weight is 732 g/mol. The summed E-state index contributed by atoms with van der Waals surface area (Å²) in [7, 11) is 0. The van der Waals surface area contributed by atoms with Crippen LogP contribution in [0.3, 0.4) is 0 Å². The van der Waals surface area contributed by atoms with Gasteiger partial charge in [-0.15, -0.1) is 0 Å². The lowest BCUT2D eigenvalue weighted by Crippen LogP contribution is -2.28. The Labute approximate surface area is 330 Å². The summed E-state index contributed by atoms with van der Waals surface area (Å²) in [5.74, 6) is 4.08. The first-order valence-corrected chi connectivity index (χ1v) is 19.1. The zero-order chi connectivity index (χ0) is 37.8. The lowest BCUT2D eigenvalue weighted by atomic mass is 9.67. The molecule has 0 atom stereocenters. The minimum Gasteiger partial charge on any atom is -0.449 e. The van der Waals surface area contributed by atoms with E-state index in [4.69, 9.17) is 24.4 Å². The number of fused-ring (bicyclic) bond motifs is 5. The zero-order valence-electron chi connectivity index (χ0n) is 30.7. The van der Waals surface area contributed by atoms with Crippen molar-refractivity contribution in [1.82, 2.24) is 15.0 Å². The van der Waals surface area contributed by atoms with Gasteiger partial charge in [-0.05, 0) is 68.8 Å². The minimum absolute atomic E-state index is 0.492. The van der Waals surface area contributed by atoms with Crippen LogP contribution in [0.5, 0.6) is 23.0 Å². The predicted molar refractivity (Wildman–Crippen MR) is 225 cm³/mol. The molecule has 2 aliphatic rings. The molecule has 0 radical (unpaired) electrons. The van der Waals surface area contributed by atoms with Crippen molar-refractivity contribution in [1.29, 1.82) is 0 Å². The molecule has 1 aliphatic carbocycles. The minimum atomic E-state index is -0.573. The third kappa shape index (κ3) is 5.35. The number of benzene rings is 8. The molecule has 0 bridgehead atoms. The van der Waals surface area contributed by atoms with Crippen LogP contribution in [-0.4, -0.2) is 15.0 Å². The zero-order valence-corrected chi connectivity index (χ0v) is 30.7. The van der Waals surface area contributed by atoms with Crippen molar-refractivity contribution < 1.29 is 9.47 Å². The number of rotatable bonds is 6. The molecule has 2 heterocycles. The van der Waals surface area contributed by atoms with E-state index in [-0.39, 0.29) is 0 Å². The van der Waals surface area contributed by atoms with Crippen molar-refractivity contribution in [2.75, 3.05) is 0 Å². The molecule has 268 valence electrons. The molecule has 0 spiro atoms. The third-order valence-corrected chi connectivity index (χ3v) is 11.1. The number of para-hydroxylation sites is 1. The Morgan fingerprint density at radius 2 is 0.807 bits per heavy atom. The van der Waals surface area contributed by atoms with E-state index in [1.807, 2.05) is 66.7 Å². The normalized spacial score (nSPS) is 13.0. The molecule has 8 aromatic carbocycles. The number of hydrogen-bond acceptors (Lipinski definition) is 5. The largest absolute Gasteiger partial charge is 0.449 e. The van der Waals surface area contributed by atoms with Crippen LogP contribution in [0.2, 0.25) is 0 Å². The maximum Gasteiger partial charge on any atom is 0.181 e. The summed E-state index contributed by atoms with van der Waals surface area (Å²) < 4.78 is 13.7. The third-order valence-electron chi connectivity index (χ3n) is 11.1. The summed E-state index contributed by atoms with van der Waals surface area (Å²) >= 11 is 0. The van der Waals surface area contributed by atoms with Crippen LogP contribution in [-0.2, 0) is 5.41 Å². The van der Waals surface area contributed by atoms with Crippen LogP contribution in [0.15, 0.2) is 200 Å². The number of ether oxygens (including phenoxy) is 2. The fourth-order valence-electron chi connectivity index (χ4n) is 8.50. The summed E-state index contributed by atoms with van der Waals surface area (Å²) in [6.45, 7) is 0. The highest BCUT2D eigenvalue weighted by molar-refractivity contribution is 5.88. The number of nitrogens with zero attached hydrogens (tertiary/aromatic N) is 3. The molecule has 5 nitrogen and oxygen atoms in total. The molecule has 11 rings (SSSR count). The number of hydrogen-bond donors (Lipinski definition) is 0. The van der Waals surface area contributed by atoms with Crippen LogP contribution < -0.4 is 9.47 Å². The second-order valence-corrected chi connectivity index (χ2v) is 14.3. The second-order valence-electron chi connectivity index (χ2n) is 14.3. The highest BCUT2D eigenvalue weighted by Crippen LogP contribution is 2.60. The van der Waals surface area contributed by atoms with Gasteiger partial charge in [-0.3, -0.25) is 0 Å². The van der Waals surface area contributed by atoms with Crippen LogP contribution in [0.25, 0.3) is 56.4 Å². The van der Waals surface area contributed by atoms with E-state index in [1.165, 1.54) is 22.3 Å². The van der Waals surface area contributed by atoms with Crippen molar-refractivity contribution in [3.8, 4) is 79.4 Å². The van der Waals surface area contributed by atoms with Gasteiger partial charge in [-0.1, -0.05) is 176 Å². The average Bonchev–Trinajstić information content (AvgIpc) is 3.58. The Hall–Kier alpha value is -7.63. The van der Waals surface area contributed by atoms with Gasteiger partial charge in [0.05, 0.1) is 11.0 Å². The summed E-state index contributed by atoms with van der Waals surface area (Å²) in [6.07, 6.45) is 0. The summed E-state index contributed by atoms with van der Waals surface area (Å²) in [4.78, 5) is 15.1. The summed E-state index contributed by atoms with van der Waals surface area (Å²) in [5, 5.41) is 0. The van der Waals surface area contributed by atoms with Gasteiger partial charge in [0.2, 0.25) is 0 Å². The molecule has 0 saturated carbocycles. The van der Waals surface area contributed by atoms with E-state index in [1.54, 1.807) is 0 Å². The molecule has 1 aliphatic heterocycles. The van der Waals surface area contributed by atoms with Gasteiger partial charge in [-0.25, -0.2) is 15.0 Å². The van der Waals surface area contributed by atoms with Crippen molar-refractivity contribution in [2.45, 2.75) is 5.41 Å². The molecule has 1 aromatic heterocycles. The highest BCUT2D eigenvalue weighted by atomic mass is 16.6. The van der Waals surface area contributed by atoms with Crippen molar-refractivity contribution in [3.63, 3.8) is 0 Å². The predicted octanol–water partition coefficient (Wildman–Crippen LogP) is 12.8. The molecule has 0 unspecified atom stereocenters. The Balaban J connectivity index is 1.06. The van der Waals surface area contributed by atoms with Gasteiger partial charge in [0.25, 0.3) is 0 Å². The lowest BCUT2D eigenvalue weighted by molar-refractivity contribution is 0.360. The van der Waals surface area contributed by atoms with Crippen LogP contribution in [0, 0.1) is 0 Å². The van der Waals surface area contributed by atoms with E-state index < -0.39 is 5.41 Å². The Morgan fingerprint density at radius 3 is 1.47 bits per heavy atom. The van der Waals surface area contributed by atoms with E-state index in [2.05, 4.69) is 133 Å². The fraction of sp³-hybridized carbons (Fsp3) is 0.0192. The van der Waals surface area contributed by atoms with E-state index in [9.17, 15) is 0 Å². The van der Waals surface area contributed by atoms with Crippen LogP contribution in [0.4, 0.5) is 0 Å². The maximum atomic E-state index is 6.98. The molecule has 57 heavy (non-hydrogen) atoms. The van der Waals surface area contributed by atoms with Crippen LogP contribution >= 0.6 is 0 Å². The molecule has 0 saturated heterocycles. The first kappa shape index (κ1) is 32.8. The van der Waals surface area contributed by atoms with E-state index >= 15 is 0 Å². The Kier molecular flexibility index (Phi) is 7.64. The van der Waals surface area contributed by atoms with Crippen molar-refractivity contribution in [2.24, 2.45) is 0 Å². The van der Waals surface area contributed by atoms with Crippen molar-refractivity contribution in [3.05, 3.63) is 222 Å². The lowest BCUT2D eigenvalue weighted by Gasteiger charge is -2.34. The van der Waals surface area contributed by atoms with Gasteiger partial charge >= 0.3 is 0 Å². The Bertz CT molecular complexity index is 2890. The number of aromatic nitrogens is 3. The molecule has 0 fully saturated rings. The summed E-state index contributed by atoms with van der Waals surface area (Å²) in [5.41, 5.74) is 11.2. The fourth-order valence-corrected chi connectivity index (χ4v) is 8.50. The molecule has 5 heteroatoms. The first-order chi connectivity index (χ1) is 28.2. The Morgan fingerprint density at radius 1 is 0.316 bits per heavy atom. The maximum absolute atomic E-state index is 6.98. The first-order valence-electron chi connectivity index (χ1n) is 19.1.